The van der Waals surface area contributed by atoms with E-state index in [2.05, 4.69) is 42.0 Å². The lowest BCUT2D eigenvalue weighted by Crippen LogP contribution is -2.45. The highest BCUT2D eigenvalue weighted by Gasteiger charge is 2.28. The lowest BCUT2D eigenvalue weighted by Gasteiger charge is -2.33. The number of piperidine rings is 1. The number of nitriles is 1. The lowest BCUT2D eigenvalue weighted by atomic mass is 10.0. The maximum Gasteiger partial charge on any atom is 0.264 e. The number of allylic oxidation sites excluding steroid dienone is 1. The number of rotatable bonds is 7. The second-order valence-electron chi connectivity index (χ2n) is 8.50. The van der Waals surface area contributed by atoms with Gasteiger partial charge in [0.1, 0.15) is 17.5 Å². The first kappa shape index (κ1) is 20.9. The van der Waals surface area contributed by atoms with Gasteiger partial charge in [-0.1, -0.05) is 6.08 Å². The molecule has 1 atom stereocenters. The molecular formula is C22H26N10O. The summed E-state index contributed by atoms with van der Waals surface area (Å²) >= 11 is 0. The Balaban J connectivity index is 1.33. The van der Waals surface area contributed by atoms with E-state index in [0.29, 0.717) is 36.4 Å². The Kier molecular flexibility index (Phi) is 5.64. The Morgan fingerprint density at radius 3 is 2.97 bits per heavy atom. The number of fused-ring (bicyclic) bond motifs is 1. The zero-order valence-electron chi connectivity index (χ0n) is 18.5. The average molecular weight is 447 g/mol. The highest BCUT2D eigenvalue weighted by molar-refractivity contribution is 5.97. The quantitative estimate of drug-likeness (QED) is 0.371. The van der Waals surface area contributed by atoms with Crippen molar-refractivity contribution in [1.29, 1.82) is 5.26 Å². The third-order valence-electron chi connectivity index (χ3n) is 5.95. The van der Waals surface area contributed by atoms with Crippen LogP contribution in [-0.2, 0) is 11.3 Å². The maximum atomic E-state index is 12.9. The molecule has 170 valence electrons. The van der Waals surface area contributed by atoms with Crippen LogP contribution in [0.4, 0.5) is 17.5 Å². The molecule has 0 spiro atoms. The van der Waals surface area contributed by atoms with E-state index in [0.717, 1.165) is 43.3 Å². The van der Waals surface area contributed by atoms with Crippen molar-refractivity contribution in [2.24, 2.45) is 5.92 Å². The summed E-state index contributed by atoms with van der Waals surface area (Å²) in [7, 11) is 0. The highest BCUT2D eigenvalue weighted by atomic mass is 16.2. The Morgan fingerprint density at radius 1 is 1.33 bits per heavy atom. The van der Waals surface area contributed by atoms with Gasteiger partial charge in [-0.05, 0) is 38.5 Å². The first-order valence-electron chi connectivity index (χ1n) is 11.3. The molecular weight excluding hydrogens is 420 g/mol. The van der Waals surface area contributed by atoms with Crippen molar-refractivity contribution in [2.45, 2.75) is 45.2 Å². The molecule has 1 aliphatic carbocycles. The van der Waals surface area contributed by atoms with Crippen LogP contribution in [0, 0.1) is 17.2 Å². The van der Waals surface area contributed by atoms with Crippen LogP contribution in [-0.4, -0.2) is 59.9 Å². The zero-order chi connectivity index (χ0) is 22.8. The molecule has 3 aromatic rings. The molecule has 1 amide bonds. The Hall–Kier alpha value is -3.94. The van der Waals surface area contributed by atoms with E-state index in [4.69, 9.17) is 0 Å². The van der Waals surface area contributed by atoms with Crippen LogP contribution in [0.2, 0.25) is 0 Å². The fraction of sp³-hybridized carbons (Fsp3) is 0.455. The number of aromatic amines is 1. The van der Waals surface area contributed by atoms with Crippen molar-refractivity contribution in [3.05, 3.63) is 30.2 Å². The standard InChI is InChI=1S/C22H26N10O/c1-2-32-13-17(10-25-32)27-22-28-19(18-11-24-30-20(18)29-22)26-16-4-3-7-31(12-16)21(33)15(9-23)8-14-5-6-14/h8,10-11,13-14,16H,2-7,12H2,1H3,(H3,24,26,27,28,29,30)/b15-8+/t16-/m1/s1. The molecule has 2 fully saturated rings. The average Bonchev–Trinajstić information content (AvgIpc) is 3.32. The van der Waals surface area contributed by atoms with Crippen molar-refractivity contribution in [3.63, 3.8) is 0 Å². The molecule has 5 rings (SSSR count). The zero-order valence-corrected chi connectivity index (χ0v) is 18.5. The first-order valence-corrected chi connectivity index (χ1v) is 11.3. The lowest BCUT2D eigenvalue weighted by molar-refractivity contribution is -0.127. The van der Waals surface area contributed by atoms with E-state index < -0.39 is 0 Å². The predicted molar refractivity (Wildman–Crippen MR) is 123 cm³/mol. The summed E-state index contributed by atoms with van der Waals surface area (Å²) in [6, 6.07) is 2.10. The van der Waals surface area contributed by atoms with Gasteiger partial charge in [0.2, 0.25) is 5.95 Å². The number of amides is 1. The van der Waals surface area contributed by atoms with Gasteiger partial charge in [-0.3, -0.25) is 14.6 Å². The van der Waals surface area contributed by atoms with Gasteiger partial charge in [0.15, 0.2) is 5.65 Å². The Labute approximate surface area is 190 Å². The van der Waals surface area contributed by atoms with Gasteiger partial charge in [0.25, 0.3) is 5.91 Å². The summed E-state index contributed by atoms with van der Waals surface area (Å²) in [5, 5.41) is 28.2. The smallest absolute Gasteiger partial charge is 0.264 e. The number of anilines is 3. The van der Waals surface area contributed by atoms with Crippen molar-refractivity contribution in [2.75, 3.05) is 23.7 Å². The summed E-state index contributed by atoms with van der Waals surface area (Å²) in [6.07, 6.45) is 11.0. The van der Waals surface area contributed by atoms with Crippen LogP contribution in [0.5, 0.6) is 0 Å². The van der Waals surface area contributed by atoms with Crippen LogP contribution in [0.1, 0.15) is 32.6 Å². The van der Waals surface area contributed by atoms with Crippen LogP contribution in [0.15, 0.2) is 30.2 Å². The molecule has 33 heavy (non-hydrogen) atoms. The third-order valence-corrected chi connectivity index (χ3v) is 5.95. The number of carbonyl (C=O) groups excluding carboxylic acids is 1. The number of nitrogens with zero attached hydrogens (tertiary/aromatic N) is 7. The van der Waals surface area contributed by atoms with Crippen molar-refractivity contribution < 1.29 is 4.79 Å². The van der Waals surface area contributed by atoms with E-state index >= 15 is 0 Å². The van der Waals surface area contributed by atoms with Crippen molar-refractivity contribution in [1.82, 2.24) is 34.8 Å². The van der Waals surface area contributed by atoms with Gasteiger partial charge in [-0.15, -0.1) is 0 Å². The van der Waals surface area contributed by atoms with Gasteiger partial charge in [-0.25, -0.2) is 0 Å². The van der Waals surface area contributed by atoms with Crippen molar-refractivity contribution in [3.8, 4) is 6.07 Å². The fourth-order valence-electron chi connectivity index (χ4n) is 4.03. The number of aromatic nitrogens is 6. The van der Waals surface area contributed by atoms with E-state index in [1.165, 1.54) is 0 Å². The van der Waals surface area contributed by atoms with Crippen molar-refractivity contribution >= 4 is 34.4 Å². The molecule has 1 saturated carbocycles. The minimum absolute atomic E-state index is 0.00672. The molecule has 0 bridgehead atoms. The Morgan fingerprint density at radius 2 is 2.21 bits per heavy atom. The normalized spacial score (nSPS) is 18.8. The van der Waals surface area contributed by atoms with Gasteiger partial charge in [0.05, 0.1) is 23.5 Å². The van der Waals surface area contributed by atoms with Gasteiger partial charge in [0, 0.05) is 31.9 Å². The molecule has 1 saturated heterocycles. The molecule has 0 unspecified atom stereocenters. The highest BCUT2D eigenvalue weighted by Crippen LogP contribution is 2.32. The van der Waals surface area contributed by atoms with Gasteiger partial charge < -0.3 is 15.5 Å². The fourth-order valence-corrected chi connectivity index (χ4v) is 4.03. The van der Waals surface area contributed by atoms with E-state index in [1.807, 2.05) is 23.9 Å². The first-order chi connectivity index (χ1) is 16.1. The second kappa shape index (κ2) is 8.90. The molecule has 0 radical (unpaired) electrons. The minimum Gasteiger partial charge on any atom is -0.365 e. The van der Waals surface area contributed by atoms with Crippen LogP contribution >= 0.6 is 0 Å². The number of likely N-dealkylation sites (tertiary alicyclic amines) is 1. The molecule has 2 aliphatic rings. The number of hydrogen-bond donors (Lipinski definition) is 3. The summed E-state index contributed by atoms with van der Waals surface area (Å²) < 4.78 is 1.82. The SMILES string of the molecule is CCn1cc(Nc2nc(N[C@@H]3CCCN(C(=O)/C(C#N)=C/C4CC4)C3)c3cn[nH]c3n2)cn1. The number of aryl methyl sites for hydroxylation is 1. The third kappa shape index (κ3) is 4.64. The number of carbonyl (C=O) groups is 1. The Bertz CT molecular complexity index is 1230. The molecule has 3 N–H and O–H groups in total. The number of H-pyrrole nitrogens is 1. The molecule has 0 aromatic carbocycles. The summed E-state index contributed by atoms with van der Waals surface area (Å²) in [5.74, 6) is 1.27. The van der Waals surface area contributed by atoms with Gasteiger partial charge >= 0.3 is 0 Å². The predicted octanol–water partition coefficient (Wildman–Crippen LogP) is 2.58. The maximum absolute atomic E-state index is 12.9. The topological polar surface area (TPSA) is 140 Å². The molecule has 3 aromatic heterocycles. The minimum atomic E-state index is -0.178. The molecule has 11 nitrogen and oxygen atoms in total. The summed E-state index contributed by atoms with van der Waals surface area (Å²) in [6.45, 7) is 3.96. The van der Waals surface area contributed by atoms with Crippen LogP contribution in [0.25, 0.3) is 11.0 Å². The summed E-state index contributed by atoms with van der Waals surface area (Å²) in [4.78, 5) is 23.8. The monoisotopic (exact) mass is 446 g/mol. The number of nitrogens with one attached hydrogen (secondary N) is 3. The number of hydrogen-bond acceptors (Lipinski definition) is 8. The largest absolute Gasteiger partial charge is 0.365 e. The summed E-state index contributed by atoms with van der Waals surface area (Å²) in [5.41, 5.74) is 1.67. The van der Waals surface area contributed by atoms with Crippen LogP contribution in [0.3, 0.4) is 0 Å². The second-order valence-corrected chi connectivity index (χ2v) is 8.50. The molecule has 1 aliphatic heterocycles. The van der Waals surface area contributed by atoms with Crippen LogP contribution < -0.4 is 10.6 Å². The van der Waals surface area contributed by atoms with E-state index in [1.54, 1.807) is 17.3 Å². The van der Waals surface area contributed by atoms with E-state index in [-0.39, 0.29) is 17.5 Å². The van der Waals surface area contributed by atoms with E-state index in [9.17, 15) is 10.1 Å². The van der Waals surface area contributed by atoms with Gasteiger partial charge in [-0.2, -0.15) is 25.4 Å². The molecule has 11 heteroatoms. The molecule has 4 heterocycles.